The minimum atomic E-state index is -3.29. The highest BCUT2D eigenvalue weighted by molar-refractivity contribution is 7.88. The first-order valence-electron chi connectivity index (χ1n) is 6.09. The fraction of sp³-hybridized carbons (Fsp3) is 0.909. The number of carbonyl (C=O) groups is 1. The zero-order valence-corrected chi connectivity index (χ0v) is 12.7. The smallest absolute Gasteiger partial charge is 0.308 e. The third kappa shape index (κ3) is 10.9. The minimum absolute atomic E-state index is 0.0826. The maximum absolute atomic E-state index is 11.1. The molecule has 0 aliphatic heterocycles. The monoisotopic (exact) mass is 296 g/mol. The SMILES string of the molecule is CCOC(=O)CC(O)CNCC(C)(C)NS(C)(=O)=O. The van der Waals surface area contributed by atoms with Gasteiger partial charge in [-0.05, 0) is 20.8 Å². The molecule has 1 atom stereocenters. The molecule has 0 fully saturated rings. The van der Waals surface area contributed by atoms with Gasteiger partial charge in [0.25, 0.3) is 0 Å². The Bertz CT molecular complexity index is 381. The summed E-state index contributed by atoms with van der Waals surface area (Å²) in [5, 5.41) is 12.5. The lowest BCUT2D eigenvalue weighted by Gasteiger charge is -2.26. The zero-order chi connectivity index (χ0) is 15.1. The Morgan fingerprint density at radius 2 is 2.00 bits per heavy atom. The number of rotatable bonds is 9. The van der Waals surface area contributed by atoms with Crippen molar-refractivity contribution in [1.29, 1.82) is 0 Å². The summed E-state index contributed by atoms with van der Waals surface area (Å²) in [6.07, 6.45) is 0.151. The van der Waals surface area contributed by atoms with Gasteiger partial charge in [0.2, 0.25) is 10.0 Å². The van der Waals surface area contributed by atoms with Crippen molar-refractivity contribution in [1.82, 2.24) is 10.0 Å². The van der Waals surface area contributed by atoms with Crippen molar-refractivity contribution in [2.45, 2.75) is 38.8 Å². The Hall–Kier alpha value is -0.700. The summed E-state index contributed by atoms with van der Waals surface area (Å²) < 4.78 is 29.4. The molecular weight excluding hydrogens is 272 g/mol. The molecule has 0 aromatic rings. The molecule has 0 aliphatic rings. The second-order valence-electron chi connectivity index (χ2n) is 5.05. The standard InChI is InChI=1S/C11H24N2O5S/c1-5-18-10(15)6-9(14)7-12-8-11(2,3)13-19(4,16)17/h9,12-14H,5-8H2,1-4H3. The van der Waals surface area contributed by atoms with E-state index in [0.29, 0.717) is 6.54 Å². The summed E-state index contributed by atoms with van der Waals surface area (Å²) in [6.45, 7) is 5.94. The van der Waals surface area contributed by atoms with Gasteiger partial charge < -0.3 is 15.2 Å². The van der Waals surface area contributed by atoms with Crippen molar-refractivity contribution >= 4 is 16.0 Å². The number of carbonyl (C=O) groups excluding carboxylic acids is 1. The van der Waals surface area contributed by atoms with Crippen molar-refractivity contribution in [2.24, 2.45) is 0 Å². The van der Waals surface area contributed by atoms with Crippen molar-refractivity contribution in [3.63, 3.8) is 0 Å². The number of aliphatic hydroxyl groups excluding tert-OH is 1. The summed E-state index contributed by atoms with van der Waals surface area (Å²) in [5.41, 5.74) is -0.669. The van der Waals surface area contributed by atoms with E-state index >= 15 is 0 Å². The summed E-state index contributed by atoms with van der Waals surface area (Å²) in [4.78, 5) is 11.1. The summed E-state index contributed by atoms with van der Waals surface area (Å²) in [5.74, 6) is -0.453. The van der Waals surface area contributed by atoms with Crippen LogP contribution in [0.4, 0.5) is 0 Å². The van der Waals surface area contributed by atoms with E-state index in [2.05, 4.69) is 10.0 Å². The molecular formula is C11H24N2O5S. The first-order chi connectivity index (χ1) is 8.56. The molecule has 0 rings (SSSR count). The number of hydrogen-bond acceptors (Lipinski definition) is 6. The highest BCUT2D eigenvalue weighted by atomic mass is 32.2. The van der Waals surface area contributed by atoms with E-state index in [1.54, 1.807) is 20.8 Å². The number of nitrogens with one attached hydrogen (secondary N) is 2. The topological polar surface area (TPSA) is 105 Å². The van der Waals surface area contributed by atoms with Crippen LogP contribution in [-0.4, -0.2) is 57.1 Å². The lowest BCUT2D eigenvalue weighted by Crippen LogP contribution is -2.50. The quantitative estimate of drug-likeness (QED) is 0.482. The highest BCUT2D eigenvalue weighted by Gasteiger charge is 2.22. The maximum atomic E-state index is 11.1. The molecule has 0 bridgehead atoms. The van der Waals surface area contributed by atoms with Gasteiger partial charge in [0.1, 0.15) is 0 Å². The largest absolute Gasteiger partial charge is 0.466 e. The predicted octanol–water partition coefficient (Wildman–Crippen LogP) is -0.782. The normalized spacial score (nSPS) is 14.2. The van der Waals surface area contributed by atoms with Crippen LogP contribution in [0.1, 0.15) is 27.2 Å². The van der Waals surface area contributed by atoms with Crippen molar-refractivity contribution in [2.75, 3.05) is 26.0 Å². The van der Waals surface area contributed by atoms with Crippen molar-refractivity contribution < 1.29 is 23.1 Å². The lowest BCUT2D eigenvalue weighted by atomic mass is 10.1. The number of esters is 1. The average Bonchev–Trinajstić information content (AvgIpc) is 2.12. The van der Waals surface area contributed by atoms with Crippen LogP contribution in [0.15, 0.2) is 0 Å². The second-order valence-corrected chi connectivity index (χ2v) is 6.80. The number of aliphatic hydroxyl groups is 1. The van der Waals surface area contributed by atoms with Gasteiger partial charge in [-0.1, -0.05) is 0 Å². The average molecular weight is 296 g/mol. The summed E-state index contributed by atoms with van der Waals surface area (Å²) >= 11 is 0. The van der Waals surface area contributed by atoms with Crippen LogP contribution in [0.3, 0.4) is 0 Å². The van der Waals surface area contributed by atoms with Crippen LogP contribution in [0.2, 0.25) is 0 Å². The molecule has 0 aromatic heterocycles. The van der Waals surface area contributed by atoms with Gasteiger partial charge in [0, 0.05) is 18.6 Å². The minimum Gasteiger partial charge on any atom is -0.466 e. The Kier molecular flexibility index (Phi) is 7.50. The van der Waals surface area contributed by atoms with Crippen LogP contribution in [0, 0.1) is 0 Å². The molecule has 1 unspecified atom stereocenters. The van der Waals surface area contributed by atoms with E-state index in [0.717, 1.165) is 6.26 Å². The summed E-state index contributed by atoms with van der Waals surface area (Å²) in [7, 11) is -3.29. The van der Waals surface area contributed by atoms with Gasteiger partial charge in [-0.2, -0.15) is 0 Å². The zero-order valence-electron chi connectivity index (χ0n) is 11.9. The molecule has 0 heterocycles. The van der Waals surface area contributed by atoms with E-state index in [9.17, 15) is 18.3 Å². The Morgan fingerprint density at radius 3 is 2.47 bits per heavy atom. The van der Waals surface area contributed by atoms with E-state index in [1.165, 1.54) is 0 Å². The van der Waals surface area contributed by atoms with E-state index in [4.69, 9.17) is 4.74 Å². The molecule has 19 heavy (non-hydrogen) atoms. The molecule has 7 nitrogen and oxygen atoms in total. The van der Waals surface area contributed by atoms with Gasteiger partial charge in [0.05, 0.1) is 25.4 Å². The first kappa shape index (κ1) is 18.3. The highest BCUT2D eigenvalue weighted by Crippen LogP contribution is 2.02. The molecule has 0 spiro atoms. The van der Waals surface area contributed by atoms with Crippen LogP contribution in [-0.2, 0) is 19.6 Å². The molecule has 0 aromatic carbocycles. The van der Waals surface area contributed by atoms with Crippen LogP contribution in [0.5, 0.6) is 0 Å². The van der Waals surface area contributed by atoms with Crippen LogP contribution >= 0.6 is 0 Å². The molecule has 114 valence electrons. The number of ether oxygens (including phenoxy) is 1. The van der Waals surface area contributed by atoms with Crippen molar-refractivity contribution in [3.8, 4) is 0 Å². The summed E-state index contributed by atoms with van der Waals surface area (Å²) in [6, 6.07) is 0. The van der Waals surface area contributed by atoms with Gasteiger partial charge in [0.15, 0.2) is 0 Å². The molecule has 8 heteroatoms. The molecule has 0 amide bonds. The van der Waals surface area contributed by atoms with Crippen molar-refractivity contribution in [3.05, 3.63) is 0 Å². The van der Waals surface area contributed by atoms with E-state index in [-0.39, 0.29) is 19.6 Å². The van der Waals surface area contributed by atoms with Gasteiger partial charge in [-0.25, -0.2) is 13.1 Å². The molecule has 0 radical (unpaired) electrons. The van der Waals surface area contributed by atoms with Crippen LogP contribution < -0.4 is 10.0 Å². The third-order valence-corrected chi connectivity index (χ3v) is 3.04. The maximum Gasteiger partial charge on any atom is 0.308 e. The van der Waals surface area contributed by atoms with Crippen LogP contribution in [0.25, 0.3) is 0 Å². The lowest BCUT2D eigenvalue weighted by molar-refractivity contribution is -0.145. The molecule has 0 aliphatic carbocycles. The number of sulfonamides is 1. The Balaban J connectivity index is 3.98. The molecule has 0 saturated heterocycles. The second kappa shape index (κ2) is 7.78. The predicted molar refractivity (Wildman–Crippen MR) is 72.2 cm³/mol. The molecule has 3 N–H and O–H groups in total. The molecule has 0 saturated carbocycles. The number of hydrogen-bond donors (Lipinski definition) is 3. The Morgan fingerprint density at radius 1 is 1.42 bits per heavy atom. The third-order valence-electron chi connectivity index (χ3n) is 2.12. The van der Waals surface area contributed by atoms with E-state index in [1.807, 2.05) is 0 Å². The van der Waals surface area contributed by atoms with E-state index < -0.39 is 27.6 Å². The van der Waals surface area contributed by atoms with Gasteiger partial charge in [-0.15, -0.1) is 0 Å². The first-order valence-corrected chi connectivity index (χ1v) is 7.98. The fourth-order valence-corrected chi connectivity index (χ4v) is 2.65. The fourth-order valence-electron chi connectivity index (χ4n) is 1.57. The van der Waals surface area contributed by atoms with Gasteiger partial charge in [-0.3, -0.25) is 4.79 Å². The van der Waals surface area contributed by atoms with Gasteiger partial charge >= 0.3 is 5.97 Å². The Labute approximate surface area is 114 Å².